The third-order valence-corrected chi connectivity index (χ3v) is 4.32. The van der Waals surface area contributed by atoms with E-state index in [4.69, 9.17) is 18.9 Å². The Kier molecular flexibility index (Phi) is 6.60. The predicted molar refractivity (Wildman–Crippen MR) is 88.0 cm³/mol. The summed E-state index contributed by atoms with van der Waals surface area (Å²) in [6.07, 6.45) is 0.0735. The van der Waals surface area contributed by atoms with E-state index >= 15 is 0 Å². The number of aliphatic hydroxyl groups excluding tert-OH is 1. The molecule has 6 nitrogen and oxygen atoms in total. The maximum atomic E-state index is 12.5. The molecule has 0 saturated carbocycles. The molecule has 0 amide bonds. The van der Waals surface area contributed by atoms with Crippen LogP contribution in [0.2, 0.25) is 0 Å². The van der Waals surface area contributed by atoms with E-state index in [0.717, 1.165) is 11.1 Å². The van der Waals surface area contributed by atoms with Gasteiger partial charge in [-0.1, -0.05) is 12.1 Å². The lowest BCUT2D eigenvalue weighted by Crippen LogP contribution is -2.38. The second-order valence-corrected chi connectivity index (χ2v) is 6.23. The number of fused-ring (bicyclic) bond motifs is 1. The van der Waals surface area contributed by atoms with Crippen molar-refractivity contribution in [3.8, 4) is 5.75 Å². The lowest BCUT2D eigenvalue weighted by molar-refractivity contribution is -0.159. The Morgan fingerprint density at radius 3 is 2.71 bits per heavy atom. The summed E-state index contributed by atoms with van der Waals surface area (Å²) in [4.78, 5) is 12.5. The first kappa shape index (κ1) is 18.7. The van der Waals surface area contributed by atoms with Gasteiger partial charge in [0.05, 0.1) is 38.4 Å². The minimum absolute atomic E-state index is 0.194. The van der Waals surface area contributed by atoms with Crippen molar-refractivity contribution in [1.82, 2.24) is 0 Å². The second-order valence-electron chi connectivity index (χ2n) is 6.23. The number of carbonyl (C=O) groups excluding carboxylic acids is 1. The number of benzene rings is 1. The number of aliphatic hydroxyl groups is 1. The average molecular weight is 338 g/mol. The summed E-state index contributed by atoms with van der Waals surface area (Å²) in [6.45, 7) is 3.33. The third kappa shape index (κ3) is 4.26. The quantitative estimate of drug-likeness (QED) is 0.576. The zero-order chi connectivity index (χ0) is 17.6. The van der Waals surface area contributed by atoms with Crippen molar-refractivity contribution in [3.63, 3.8) is 0 Å². The molecule has 6 heteroatoms. The van der Waals surface area contributed by atoms with E-state index in [1.54, 1.807) is 14.2 Å². The van der Waals surface area contributed by atoms with E-state index in [2.05, 4.69) is 0 Å². The Morgan fingerprint density at radius 1 is 1.25 bits per heavy atom. The average Bonchev–Trinajstić information content (AvgIpc) is 2.56. The van der Waals surface area contributed by atoms with Crippen LogP contribution in [-0.2, 0) is 25.4 Å². The zero-order valence-corrected chi connectivity index (χ0v) is 14.5. The number of hydrogen-bond donors (Lipinski definition) is 1. The molecule has 1 aromatic rings. The van der Waals surface area contributed by atoms with Gasteiger partial charge in [-0.2, -0.15) is 0 Å². The van der Waals surface area contributed by atoms with Crippen molar-refractivity contribution >= 4 is 5.97 Å². The third-order valence-electron chi connectivity index (χ3n) is 4.32. The van der Waals surface area contributed by atoms with Gasteiger partial charge in [0.1, 0.15) is 12.4 Å². The summed E-state index contributed by atoms with van der Waals surface area (Å²) in [5, 5.41) is 10.5. The van der Waals surface area contributed by atoms with Gasteiger partial charge in [0, 0.05) is 12.7 Å². The molecule has 2 rings (SSSR count). The van der Waals surface area contributed by atoms with E-state index in [1.807, 2.05) is 25.1 Å². The first-order valence-electron chi connectivity index (χ1n) is 8.09. The lowest BCUT2D eigenvalue weighted by atomic mass is 9.71. The highest BCUT2D eigenvalue weighted by Gasteiger charge is 2.43. The van der Waals surface area contributed by atoms with Crippen LogP contribution in [0.15, 0.2) is 18.2 Å². The van der Waals surface area contributed by atoms with Crippen LogP contribution in [0.4, 0.5) is 0 Å². The number of hydrogen-bond acceptors (Lipinski definition) is 6. The zero-order valence-electron chi connectivity index (χ0n) is 14.5. The van der Waals surface area contributed by atoms with Crippen LogP contribution >= 0.6 is 0 Å². The van der Waals surface area contributed by atoms with E-state index in [9.17, 15) is 9.90 Å². The van der Waals surface area contributed by atoms with Crippen LogP contribution < -0.4 is 4.74 Å². The smallest absolute Gasteiger partial charge is 0.312 e. The van der Waals surface area contributed by atoms with Gasteiger partial charge < -0.3 is 24.1 Å². The molecule has 1 aliphatic carbocycles. The standard InChI is InChI=1S/C18H26O6/c1-18(17(20)24-10-9-23-8-7-21-2)11-13-5-4-6-15(22-3)16(13)14(19)12-18/h4-6,14,19H,7-12H2,1-3H3. The molecule has 0 heterocycles. The van der Waals surface area contributed by atoms with Crippen molar-refractivity contribution in [2.24, 2.45) is 5.41 Å². The second kappa shape index (κ2) is 8.46. The lowest BCUT2D eigenvalue weighted by Gasteiger charge is -2.36. The summed E-state index contributed by atoms with van der Waals surface area (Å²) in [6, 6.07) is 5.60. The molecule has 0 spiro atoms. The fraction of sp³-hybridized carbons (Fsp3) is 0.611. The molecule has 2 unspecified atom stereocenters. The van der Waals surface area contributed by atoms with Crippen LogP contribution in [0.3, 0.4) is 0 Å². The Labute approximate surface area is 142 Å². The molecule has 2 atom stereocenters. The van der Waals surface area contributed by atoms with Crippen molar-refractivity contribution in [2.45, 2.75) is 25.9 Å². The maximum absolute atomic E-state index is 12.5. The Balaban J connectivity index is 1.96. The molecule has 0 bridgehead atoms. The molecule has 24 heavy (non-hydrogen) atoms. The predicted octanol–water partition coefficient (Wildman–Crippen LogP) is 1.89. The van der Waals surface area contributed by atoms with Gasteiger partial charge in [0.2, 0.25) is 0 Å². The first-order chi connectivity index (χ1) is 11.5. The highest BCUT2D eigenvalue weighted by atomic mass is 16.6. The van der Waals surface area contributed by atoms with Gasteiger partial charge in [0.15, 0.2) is 0 Å². The van der Waals surface area contributed by atoms with Crippen molar-refractivity contribution < 1.29 is 28.8 Å². The summed E-state index contributed by atoms with van der Waals surface area (Å²) in [5.41, 5.74) is 0.933. The molecule has 0 aromatic heterocycles. The van der Waals surface area contributed by atoms with E-state index < -0.39 is 11.5 Å². The Morgan fingerprint density at radius 2 is 2.00 bits per heavy atom. The normalized spacial score (nSPS) is 22.8. The Bertz CT molecular complexity index is 558. The first-order valence-corrected chi connectivity index (χ1v) is 8.09. The summed E-state index contributed by atoms with van der Waals surface area (Å²) in [5.74, 6) is 0.340. The monoisotopic (exact) mass is 338 g/mol. The van der Waals surface area contributed by atoms with Gasteiger partial charge in [0.25, 0.3) is 0 Å². The fourth-order valence-corrected chi connectivity index (χ4v) is 3.09. The highest BCUT2D eigenvalue weighted by molar-refractivity contribution is 5.77. The van der Waals surface area contributed by atoms with Crippen LogP contribution in [0, 0.1) is 5.41 Å². The van der Waals surface area contributed by atoms with Gasteiger partial charge in [-0.3, -0.25) is 4.79 Å². The van der Waals surface area contributed by atoms with Crippen molar-refractivity contribution in [1.29, 1.82) is 0 Å². The number of esters is 1. The minimum atomic E-state index is -0.759. The van der Waals surface area contributed by atoms with E-state index in [-0.39, 0.29) is 12.6 Å². The summed E-state index contributed by atoms with van der Waals surface area (Å²) in [7, 11) is 3.18. The molecule has 1 N–H and O–H groups in total. The molecule has 0 fully saturated rings. The molecular weight excluding hydrogens is 312 g/mol. The number of ether oxygens (including phenoxy) is 4. The largest absolute Gasteiger partial charge is 0.496 e. The van der Waals surface area contributed by atoms with E-state index in [0.29, 0.717) is 38.4 Å². The topological polar surface area (TPSA) is 74.2 Å². The molecule has 1 aliphatic rings. The van der Waals surface area contributed by atoms with Gasteiger partial charge in [-0.15, -0.1) is 0 Å². The number of rotatable bonds is 8. The molecule has 0 radical (unpaired) electrons. The van der Waals surface area contributed by atoms with Crippen LogP contribution in [0.25, 0.3) is 0 Å². The van der Waals surface area contributed by atoms with Crippen LogP contribution in [0.1, 0.15) is 30.6 Å². The van der Waals surface area contributed by atoms with Crippen molar-refractivity contribution in [2.75, 3.05) is 40.6 Å². The molecule has 0 aliphatic heterocycles. The molecular formula is C18H26O6. The van der Waals surface area contributed by atoms with Gasteiger partial charge in [-0.25, -0.2) is 0 Å². The van der Waals surface area contributed by atoms with Crippen molar-refractivity contribution in [3.05, 3.63) is 29.3 Å². The van der Waals surface area contributed by atoms with E-state index in [1.165, 1.54) is 0 Å². The number of carbonyl (C=O) groups is 1. The summed E-state index contributed by atoms with van der Waals surface area (Å²) >= 11 is 0. The van der Waals surface area contributed by atoms with Gasteiger partial charge >= 0.3 is 5.97 Å². The molecule has 1 aromatic carbocycles. The minimum Gasteiger partial charge on any atom is -0.496 e. The van der Waals surface area contributed by atoms with Crippen LogP contribution in [0.5, 0.6) is 5.75 Å². The fourth-order valence-electron chi connectivity index (χ4n) is 3.09. The number of methoxy groups -OCH3 is 2. The molecule has 134 valence electrons. The maximum Gasteiger partial charge on any atom is 0.312 e. The van der Waals surface area contributed by atoms with Gasteiger partial charge in [-0.05, 0) is 31.4 Å². The summed E-state index contributed by atoms with van der Waals surface area (Å²) < 4.78 is 20.8. The van der Waals surface area contributed by atoms with Crippen LogP contribution in [-0.4, -0.2) is 51.7 Å². The molecule has 0 saturated heterocycles. The SMILES string of the molecule is COCCOCCOC(=O)C1(C)Cc2cccc(OC)c2C(O)C1. The highest BCUT2D eigenvalue weighted by Crippen LogP contribution is 2.45. The Hall–Kier alpha value is -1.63.